The summed E-state index contributed by atoms with van der Waals surface area (Å²) in [5.41, 5.74) is 5.78. The highest BCUT2D eigenvalue weighted by Gasteiger charge is 2.44. The van der Waals surface area contributed by atoms with Crippen LogP contribution < -0.4 is 16.5 Å². The minimum Gasteiger partial charge on any atom is -0.295 e. The van der Waals surface area contributed by atoms with Crippen LogP contribution in [0.25, 0.3) is 5.52 Å². The molecular formula is C28H40F4N6O. The Morgan fingerprint density at radius 3 is 2.41 bits per heavy atom. The lowest BCUT2D eigenvalue weighted by molar-refractivity contribution is -0.136. The minimum atomic E-state index is -4.61. The van der Waals surface area contributed by atoms with Crippen molar-refractivity contribution in [2.45, 2.75) is 88.9 Å². The van der Waals surface area contributed by atoms with Crippen molar-refractivity contribution in [3.8, 4) is 0 Å². The summed E-state index contributed by atoms with van der Waals surface area (Å²) >= 11 is 0. The molecule has 11 heteroatoms. The highest BCUT2D eigenvalue weighted by atomic mass is 19.4. The molecule has 0 amide bonds. The van der Waals surface area contributed by atoms with E-state index in [-0.39, 0.29) is 24.3 Å². The second-order valence-corrected chi connectivity index (χ2v) is 12.3. The van der Waals surface area contributed by atoms with Gasteiger partial charge in [0.2, 0.25) is 0 Å². The van der Waals surface area contributed by atoms with Gasteiger partial charge in [0.1, 0.15) is 6.17 Å². The van der Waals surface area contributed by atoms with Gasteiger partial charge in [0.15, 0.2) is 0 Å². The van der Waals surface area contributed by atoms with Gasteiger partial charge >= 0.3 is 11.9 Å². The van der Waals surface area contributed by atoms with Crippen LogP contribution in [0, 0.1) is 17.8 Å². The van der Waals surface area contributed by atoms with Gasteiger partial charge < -0.3 is 0 Å². The van der Waals surface area contributed by atoms with E-state index in [1.807, 2.05) is 4.90 Å². The second-order valence-electron chi connectivity index (χ2n) is 12.3. The maximum absolute atomic E-state index is 14.3. The Balaban J connectivity index is 1.33. The van der Waals surface area contributed by atoms with Crippen LogP contribution in [0.2, 0.25) is 0 Å². The van der Waals surface area contributed by atoms with Gasteiger partial charge in [-0.15, -0.1) is 0 Å². The number of fused-ring (bicyclic) bond motifs is 1. The molecule has 216 valence electrons. The first-order chi connectivity index (χ1) is 18.6. The first-order valence-corrected chi connectivity index (χ1v) is 14.5. The summed E-state index contributed by atoms with van der Waals surface area (Å²) in [6.07, 6.45) is 5.27. The molecule has 2 saturated carbocycles. The molecule has 7 nitrogen and oxygen atoms in total. The maximum Gasteiger partial charge on any atom is 0.418 e. The van der Waals surface area contributed by atoms with Gasteiger partial charge in [-0.05, 0) is 69.0 Å². The van der Waals surface area contributed by atoms with Crippen LogP contribution in [0.4, 0.5) is 17.6 Å². The predicted molar refractivity (Wildman–Crippen MR) is 141 cm³/mol. The standard InChI is InChI=1S/C28H40F4N6O/c1-17(36-10-9-21(29)14-36)20-12-23(28(30,31)32)24-15-37(27(39)38(24)13-20)22-8-4-7-19(11-22)25(18-5-3-6-18)26-34-33-16-35(26)2/h12-13,15,17-19,21-22,25-26,33-34H,3-11,14,16H2,1-2H3/t17-,19?,21+,22?,25+,26?/m0/s1. The molecule has 3 unspecified atom stereocenters. The van der Waals surface area contributed by atoms with E-state index in [0.717, 1.165) is 38.4 Å². The number of nitrogens with zero attached hydrogens (tertiary/aromatic N) is 4. The molecule has 6 rings (SSSR count). The largest absolute Gasteiger partial charge is 0.418 e. The Morgan fingerprint density at radius 2 is 1.79 bits per heavy atom. The zero-order valence-electron chi connectivity index (χ0n) is 22.8. The third-order valence-corrected chi connectivity index (χ3v) is 10.0. The average molecular weight is 553 g/mol. The zero-order chi connectivity index (χ0) is 27.5. The van der Waals surface area contributed by atoms with E-state index >= 15 is 0 Å². The summed E-state index contributed by atoms with van der Waals surface area (Å²) in [5, 5.41) is 0. The lowest BCUT2D eigenvalue weighted by Crippen LogP contribution is -2.50. The summed E-state index contributed by atoms with van der Waals surface area (Å²) in [6, 6.07) is 0.602. The maximum atomic E-state index is 14.3. The zero-order valence-corrected chi connectivity index (χ0v) is 22.8. The number of nitrogens with one attached hydrogen (secondary N) is 2. The van der Waals surface area contributed by atoms with Crippen molar-refractivity contribution in [3.63, 3.8) is 0 Å². The Kier molecular flexibility index (Phi) is 7.31. The lowest BCUT2D eigenvalue weighted by Gasteiger charge is -2.46. The van der Waals surface area contributed by atoms with Crippen molar-refractivity contribution in [2.75, 3.05) is 26.8 Å². The Bertz CT molecular complexity index is 1240. The molecule has 2 saturated heterocycles. The van der Waals surface area contributed by atoms with Crippen molar-refractivity contribution in [3.05, 3.63) is 40.1 Å². The number of hydrogen-bond acceptors (Lipinski definition) is 5. The summed E-state index contributed by atoms with van der Waals surface area (Å²) in [4.78, 5) is 17.8. The van der Waals surface area contributed by atoms with Crippen LogP contribution in [0.15, 0.2) is 23.3 Å². The summed E-state index contributed by atoms with van der Waals surface area (Å²) < 4.78 is 59.4. The first kappa shape index (κ1) is 27.2. The number of hydrazine groups is 1. The van der Waals surface area contributed by atoms with E-state index in [0.29, 0.717) is 36.3 Å². The molecule has 0 aromatic carbocycles. The molecule has 4 aliphatic rings. The SMILES string of the molecule is C[C@@H](c1cc(C(F)(F)F)c2cn(C3CCCC([C@@H](C4CCC4)C4NNCN4C)C3)c(=O)n2c1)N1CC[C@@H](F)C1. The fourth-order valence-corrected chi connectivity index (χ4v) is 7.65. The van der Waals surface area contributed by atoms with E-state index in [9.17, 15) is 22.4 Å². The van der Waals surface area contributed by atoms with Crippen molar-refractivity contribution >= 4 is 5.52 Å². The lowest BCUT2D eigenvalue weighted by atomic mass is 9.65. The van der Waals surface area contributed by atoms with Crippen LogP contribution in [0.1, 0.15) is 81.5 Å². The number of pyridine rings is 1. The van der Waals surface area contributed by atoms with Gasteiger partial charge in [0.25, 0.3) is 0 Å². The summed E-state index contributed by atoms with van der Waals surface area (Å²) in [5.74, 6) is 1.46. The molecule has 2 aromatic heterocycles. The number of rotatable bonds is 6. The molecule has 2 aromatic rings. The van der Waals surface area contributed by atoms with E-state index in [1.54, 1.807) is 17.7 Å². The van der Waals surface area contributed by atoms with Crippen molar-refractivity contribution < 1.29 is 17.6 Å². The Hall–Kier alpha value is -1.95. The van der Waals surface area contributed by atoms with E-state index in [1.165, 1.54) is 29.9 Å². The quantitative estimate of drug-likeness (QED) is 0.509. The molecule has 4 fully saturated rings. The van der Waals surface area contributed by atoms with Gasteiger partial charge in [-0.3, -0.25) is 18.8 Å². The predicted octanol–water partition coefficient (Wildman–Crippen LogP) is 4.70. The molecule has 0 radical (unpaired) electrons. The highest BCUT2D eigenvalue weighted by molar-refractivity contribution is 5.56. The number of imidazole rings is 1. The molecule has 4 heterocycles. The fraction of sp³-hybridized carbons (Fsp3) is 0.750. The molecule has 6 atom stereocenters. The van der Waals surface area contributed by atoms with Crippen molar-refractivity contribution in [2.24, 2.45) is 17.8 Å². The van der Waals surface area contributed by atoms with Gasteiger partial charge in [-0.2, -0.15) is 13.2 Å². The molecule has 39 heavy (non-hydrogen) atoms. The number of hydrogen-bond donors (Lipinski definition) is 2. The van der Waals surface area contributed by atoms with Crippen molar-refractivity contribution in [1.29, 1.82) is 0 Å². The smallest absolute Gasteiger partial charge is 0.295 e. The van der Waals surface area contributed by atoms with Gasteiger partial charge in [-0.1, -0.05) is 25.7 Å². The second kappa shape index (κ2) is 10.5. The number of aromatic nitrogens is 2. The molecule has 2 aliphatic carbocycles. The number of likely N-dealkylation sites (tertiary alicyclic amines) is 1. The highest BCUT2D eigenvalue weighted by Crippen LogP contribution is 2.47. The van der Waals surface area contributed by atoms with Crippen LogP contribution in [0.3, 0.4) is 0 Å². The van der Waals surface area contributed by atoms with Gasteiger partial charge in [-0.25, -0.2) is 20.0 Å². The summed E-state index contributed by atoms with van der Waals surface area (Å²) in [6.45, 7) is 3.25. The Labute approximate surface area is 226 Å². The van der Waals surface area contributed by atoms with Gasteiger partial charge in [0.05, 0.1) is 23.9 Å². The van der Waals surface area contributed by atoms with E-state index in [4.69, 9.17) is 0 Å². The number of alkyl halides is 4. The normalized spacial score (nSPS) is 31.1. The number of halogens is 4. The molecule has 0 bridgehead atoms. The topological polar surface area (TPSA) is 57.0 Å². The monoisotopic (exact) mass is 552 g/mol. The first-order valence-electron chi connectivity index (χ1n) is 14.5. The molecular weight excluding hydrogens is 512 g/mol. The Morgan fingerprint density at radius 1 is 1.05 bits per heavy atom. The van der Waals surface area contributed by atoms with Gasteiger partial charge in [0, 0.05) is 37.6 Å². The van der Waals surface area contributed by atoms with E-state index in [2.05, 4.69) is 22.8 Å². The van der Waals surface area contributed by atoms with Crippen LogP contribution in [-0.4, -0.2) is 57.9 Å². The molecule has 2 N–H and O–H groups in total. The fourth-order valence-electron chi connectivity index (χ4n) is 7.65. The van der Waals surface area contributed by atoms with Crippen molar-refractivity contribution in [1.82, 2.24) is 29.6 Å². The van der Waals surface area contributed by atoms with Crippen LogP contribution in [-0.2, 0) is 6.18 Å². The summed E-state index contributed by atoms with van der Waals surface area (Å²) in [7, 11) is 2.11. The minimum absolute atomic E-state index is 0.104. The average Bonchev–Trinajstić information content (AvgIpc) is 3.58. The van der Waals surface area contributed by atoms with Crippen LogP contribution >= 0.6 is 0 Å². The molecule has 0 spiro atoms. The van der Waals surface area contributed by atoms with E-state index < -0.39 is 29.6 Å². The molecule has 2 aliphatic heterocycles. The third-order valence-electron chi connectivity index (χ3n) is 10.0. The van der Waals surface area contributed by atoms with Crippen LogP contribution in [0.5, 0.6) is 0 Å². The third kappa shape index (κ3) is 5.04.